The van der Waals surface area contributed by atoms with Crippen LogP contribution in [0, 0.1) is 6.92 Å². The Hall–Kier alpha value is -2.79. The lowest BCUT2D eigenvalue weighted by molar-refractivity contribution is -0.140. The van der Waals surface area contributed by atoms with Crippen LogP contribution in [0.4, 0.5) is 18.9 Å². The van der Waals surface area contributed by atoms with Crippen molar-refractivity contribution >= 4 is 39.1 Å². The van der Waals surface area contributed by atoms with Crippen molar-refractivity contribution in [3.63, 3.8) is 0 Å². The molecular weight excluding hydrogens is 531 g/mol. The Kier molecular flexibility index (Phi) is 10.0. The molecule has 0 unspecified atom stereocenters. The fraction of sp³-hybridized carbons (Fsp3) is 0.440. The highest BCUT2D eigenvalue weighted by atomic mass is 35.5. The molecular formula is C25H31ClF3N3O4S. The van der Waals surface area contributed by atoms with E-state index in [1.807, 2.05) is 19.1 Å². The van der Waals surface area contributed by atoms with Crippen molar-refractivity contribution in [2.24, 2.45) is 0 Å². The number of hydrogen-bond donors (Lipinski definition) is 1. The first-order chi connectivity index (χ1) is 17.1. The van der Waals surface area contributed by atoms with Gasteiger partial charge in [-0.15, -0.1) is 0 Å². The third kappa shape index (κ3) is 8.10. The molecule has 0 heterocycles. The first-order valence-electron chi connectivity index (χ1n) is 11.5. The summed E-state index contributed by atoms with van der Waals surface area (Å²) < 4.78 is 65.9. The van der Waals surface area contributed by atoms with Gasteiger partial charge in [0.15, 0.2) is 0 Å². The SMILES string of the molecule is CC[C@H](C(=O)NC(C)C)N(Cc1ccccc1C)C(=O)CN(c1cc(C(F)(F)F)ccc1Cl)S(C)(=O)=O. The van der Waals surface area contributed by atoms with Gasteiger partial charge in [-0.05, 0) is 56.5 Å². The molecule has 0 aliphatic carbocycles. The smallest absolute Gasteiger partial charge is 0.352 e. The van der Waals surface area contributed by atoms with E-state index in [0.717, 1.165) is 29.5 Å². The van der Waals surface area contributed by atoms with Gasteiger partial charge in [-0.2, -0.15) is 13.2 Å². The zero-order valence-electron chi connectivity index (χ0n) is 21.3. The van der Waals surface area contributed by atoms with Crippen molar-refractivity contribution in [1.82, 2.24) is 10.2 Å². The molecule has 204 valence electrons. The molecule has 0 aromatic heterocycles. The van der Waals surface area contributed by atoms with E-state index in [4.69, 9.17) is 11.6 Å². The van der Waals surface area contributed by atoms with Crippen molar-refractivity contribution < 1.29 is 31.2 Å². The molecule has 0 radical (unpaired) electrons. The predicted molar refractivity (Wildman–Crippen MR) is 138 cm³/mol. The number of amides is 2. The third-order valence-corrected chi connectivity index (χ3v) is 7.09. The monoisotopic (exact) mass is 561 g/mol. The van der Waals surface area contributed by atoms with Gasteiger partial charge in [0.1, 0.15) is 12.6 Å². The second-order valence-corrected chi connectivity index (χ2v) is 11.3. The summed E-state index contributed by atoms with van der Waals surface area (Å²) in [6.07, 6.45) is -3.77. The van der Waals surface area contributed by atoms with Crippen molar-refractivity contribution in [3.8, 4) is 0 Å². The fourth-order valence-electron chi connectivity index (χ4n) is 3.75. The average Bonchev–Trinajstić information content (AvgIpc) is 2.77. The molecule has 0 saturated carbocycles. The minimum atomic E-state index is -4.76. The molecule has 0 aliphatic rings. The minimum Gasteiger partial charge on any atom is -0.352 e. The Bertz CT molecular complexity index is 1240. The van der Waals surface area contributed by atoms with Gasteiger partial charge in [0.2, 0.25) is 21.8 Å². The van der Waals surface area contributed by atoms with Crippen LogP contribution in [-0.4, -0.2) is 50.0 Å². The maximum absolute atomic E-state index is 13.6. The molecule has 0 bridgehead atoms. The zero-order valence-corrected chi connectivity index (χ0v) is 22.8. The van der Waals surface area contributed by atoms with E-state index in [-0.39, 0.29) is 24.0 Å². The van der Waals surface area contributed by atoms with Gasteiger partial charge in [-0.25, -0.2) is 8.42 Å². The van der Waals surface area contributed by atoms with Gasteiger partial charge in [-0.1, -0.05) is 42.8 Å². The molecule has 2 amide bonds. The normalized spacial score (nSPS) is 12.8. The van der Waals surface area contributed by atoms with Crippen LogP contribution in [0.1, 0.15) is 43.9 Å². The number of hydrogen-bond acceptors (Lipinski definition) is 4. The number of rotatable bonds is 10. The summed E-state index contributed by atoms with van der Waals surface area (Å²) in [4.78, 5) is 27.9. The van der Waals surface area contributed by atoms with E-state index in [1.165, 1.54) is 4.90 Å². The number of halogens is 4. The summed E-state index contributed by atoms with van der Waals surface area (Å²) in [5.74, 6) is -1.20. The number of anilines is 1. The Morgan fingerprint density at radius 1 is 1.11 bits per heavy atom. The number of aryl methyl sites for hydroxylation is 1. The van der Waals surface area contributed by atoms with Crippen LogP contribution in [0.5, 0.6) is 0 Å². The maximum Gasteiger partial charge on any atom is 0.416 e. The van der Waals surface area contributed by atoms with E-state index in [0.29, 0.717) is 10.4 Å². The second kappa shape index (κ2) is 12.2. The molecule has 0 saturated heterocycles. The van der Waals surface area contributed by atoms with Crippen LogP contribution < -0.4 is 9.62 Å². The predicted octanol–water partition coefficient (Wildman–Crippen LogP) is 4.77. The van der Waals surface area contributed by atoms with Gasteiger partial charge in [-0.3, -0.25) is 13.9 Å². The molecule has 0 fully saturated rings. The van der Waals surface area contributed by atoms with Crippen LogP contribution in [0.25, 0.3) is 0 Å². The topological polar surface area (TPSA) is 86.8 Å². The second-order valence-electron chi connectivity index (χ2n) is 8.97. The fourth-order valence-corrected chi connectivity index (χ4v) is 4.87. The summed E-state index contributed by atoms with van der Waals surface area (Å²) in [5.41, 5.74) is -0.0228. The first-order valence-corrected chi connectivity index (χ1v) is 13.8. The number of benzene rings is 2. The van der Waals surface area contributed by atoms with Gasteiger partial charge in [0.05, 0.1) is 22.5 Å². The molecule has 0 aliphatic heterocycles. The highest BCUT2D eigenvalue weighted by molar-refractivity contribution is 7.92. The average molecular weight is 562 g/mol. The molecule has 2 aromatic carbocycles. The lowest BCUT2D eigenvalue weighted by Crippen LogP contribution is -2.53. The van der Waals surface area contributed by atoms with Crippen LogP contribution >= 0.6 is 11.6 Å². The van der Waals surface area contributed by atoms with E-state index in [2.05, 4.69) is 5.32 Å². The molecule has 12 heteroatoms. The van der Waals surface area contributed by atoms with Crippen molar-refractivity contribution in [1.29, 1.82) is 0 Å². The Morgan fingerprint density at radius 3 is 2.24 bits per heavy atom. The summed E-state index contributed by atoms with van der Waals surface area (Å²) in [6.45, 7) is 6.21. The van der Waals surface area contributed by atoms with Crippen molar-refractivity contribution in [2.75, 3.05) is 17.1 Å². The van der Waals surface area contributed by atoms with Gasteiger partial charge in [0.25, 0.3) is 0 Å². The van der Waals surface area contributed by atoms with Gasteiger partial charge >= 0.3 is 6.18 Å². The van der Waals surface area contributed by atoms with Crippen molar-refractivity contribution in [3.05, 3.63) is 64.2 Å². The van der Waals surface area contributed by atoms with E-state index < -0.39 is 51.9 Å². The number of alkyl halides is 3. The van der Waals surface area contributed by atoms with Crippen LogP contribution in [0.2, 0.25) is 5.02 Å². The molecule has 0 spiro atoms. The van der Waals surface area contributed by atoms with Crippen LogP contribution in [-0.2, 0) is 32.3 Å². The Balaban J connectivity index is 2.56. The molecule has 7 nitrogen and oxygen atoms in total. The highest BCUT2D eigenvalue weighted by Crippen LogP contribution is 2.36. The zero-order chi connectivity index (χ0) is 28.1. The lowest BCUT2D eigenvalue weighted by atomic mass is 10.1. The summed E-state index contributed by atoms with van der Waals surface area (Å²) in [6, 6.07) is 8.27. The minimum absolute atomic E-state index is 0.0105. The molecule has 2 rings (SSSR count). The maximum atomic E-state index is 13.6. The molecule has 2 aromatic rings. The number of nitrogens with zero attached hydrogens (tertiary/aromatic N) is 2. The van der Waals surface area contributed by atoms with Crippen molar-refractivity contribution in [2.45, 2.75) is 58.9 Å². The quantitative estimate of drug-likeness (QED) is 0.453. The van der Waals surface area contributed by atoms with Gasteiger partial charge < -0.3 is 10.2 Å². The summed E-state index contributed by atoms with van der Waals surface area (Å²) in [5, 5.41) is 2.49. The highest BCUT2D eigenvalue weighted by Gasteiger charge is 2.35. The standard InChI is InChI=1S/C25H31ClF3N3O4S/c1-6-21(24(34)30-16(2)3)31(14-18-10-8-7-9-17(18)4)23(33)15-32(37(5,35)36)22-13-19(25(27,28)29)11-12-20(22)26/h7-13,16,21H,6,14-15H2,1-5H3,(H,30,34)/t21-/m1/s1. The first kappa shape index (κ1) is 30.4. The Labute approximate surface area is 220 Å². The third-order valence-electron chi connectivity index (χ3n) is 5.64. The molecule has 37 heavy (non-hydrogen) atoms. The van der Waals surface area contributed by atoms with E-state index >= 15 is 0 Å². The van der Waals surface area contributed by atoms with Crippen LogP contribution in [0.15, 0.2) is 42.5 Å². The largest absolute Gasteiger partial charge is 0.416 e. The summed E-state index contributed by atoms with van der Waals surface area (Å²) in [7, 11) is -4.25. The number of carbonyl (C=O) groups excluding carboxylic acids is 2. The van der Waals surface area contributed by atoms with E-state index in [9.17, 15) is 31.2 Å². The number of nitrogens with one attached hydrogen (secondary N) is 1. The molecule has 1 N–H and O–H groups in total. The van der Waals surface area contributed by atoms with E-state index in [1.54, 1.807) is 32.9 Å². The Morgan fingerprint density at radius 2 is 1.73 bits per heavy atom. The molecule has 1 atom stereocenters. The van der Waals surface area contributed by atoms with Gasteiger partial charge in [0, 0.05) is 12.6 Å². The lowest BCUT2D eigenvalue weighted by Gasteiger charge is -2.33. The number of carbonyl (C=O) groups is 2. The van der Waals surface area contributed by atoms with Crippen LogP contribution in [0.3, 0.4) is 0 Å². The number of sulfonamides is 1. The summed E-state index contributed by atoms with van der Waals surface area (Å²) >= 11 is 6.10.